The predicted octanol–water partition coefficient (Wildman–Crippen LogP) is 3.76. The summed E-state index contributed by atoms with van der Waals surface area (Å²) in [7, 11) is 0. The number of aryl methyl sites for hydroxylation is 1. The molecule has 8 nitrogen and oxygen atoms in total. The number of fused-ring (bicyclic) bond motifs is 2. The van der Waals surface area contributed by atoms with Gasteiger partial charge in [0.05, 0.1) is 17.3 Å². The third-order valence-electron chi connectivity index (χ3n) is 5.23. The van der Waals surface area contributed by atoms with Crippen molar-refractivity contribution in [3.8, 4) is 5.75 Å². The zero-order chi connectivity index (χ0) is 22.1. The van der Waals surface area contributed by atoms with E-state index in [1.807, 2.05) is 83.7 Å². The number of nitrogens with zero attached hydrogens (tertiary/aromatic N) is 5. The fraction of sp³-hybridized carbons (Fsp3) is 0.167. The Morgan fingerprint density at radius 2 is 1.88 bits per heavy atom. The molecule has 1 N–H and O–H groups in total. The molecule has 1 aromatic carbocycles. The van der Waals surface area contributed by atoms with Gasteiger partial charge in [-0.2, -0.15) is 0 Å². The van der Waals surface area contributed by atoms with Crippen LogP contribution in [0.5, 0.6) is 5.75 Å². The number of hydrogen-bond donors (Lipinski definition) is 1. The number of carbonyl (C=O) groups excluding carboxylic acids is 1. The topological polar surface area (TPSA) is 85.8 Å². The van der Waals surface area contributed by atoms with Crippen LogP contribution in [0.15, 0.2) is 73.2 Å². The van der Waals surface area contributed by atoms with E-state index in [0.29, 0.717) is 17.1 Å². The highest BCUT2D eigenvalue weighted by atomic mass is 16.5. The molecule has 0 saturated carbocycles. The molecule has 1 amide bonds. The van der Waals surface area contributed by atoms with Crippen molar-refractivity contribution < 1.29 is 9.53 Å². The normalized spacial score (nSPS) is 12.2. The van der Waals surface area contributed by atoms with Gasteiger partial charge in [0.2, 0.25) is 0 Å². The first-order valence-corrected chi connectivity index (χ1v) is 10.3. The molecule has 0 fully saturated rings. The SMILES string of the molecule is Cc1ccc2nc(COc3ccccc3C(=O)NC(C)c3nnc4ccccn34)cn2c1. The lowest BCUT2D eigenvalue weighted by molar-refractivity contribution is 0.0933. The first kappa shape index (κ1) is 19.7. The molecule has 8 heteroatoms. The number of pyridine rings is 2. The number of amides is 1. The number of para-hydroxylation sites is 1. The molecule has 1 unspecified atom stereocenters. The molecule has 0 spiro atoms. The van der Waals surface area contributed by atoms with Gasteiger partial charge in [-0.25, -0.2) is 4.98 Å². The second kappa shape index (κ2) is 8.14. The molecule has 160 valence electrons. The highest BCUT2D eigenvalue weighted by Crippen LogP contribution is 2.21. The zero-order valence-corrected chi connectivity index (χ0v) is 17.8. The Morgan fingerprint density at radius 3 is 2.78 bits per heavy atom. The summed E-state index contributed by atoms with van der Waals surface area (Å²) in [6, 6.07) is 16.5. The number of aromatic nitrogens is 5. The molecule has 4 aromatic heterocycles. The van der Waals surface area contributed by atoms with Crippen LogP contribution in [-0.4, -0.2) is 29.9 Å². The van der Waals surface area contributed by atoms with Gasteiger partial charge in [0, 0.05) is 18.6 Å². The molecule has 0 saturated heterocycles. The molecular formula is C24H22N6O2. The second-order valence-electron chi connectivity index (χ2n) is 7.67. The summed E-state index contributed by atoms with van der Waals surface area (Å²) in [5.41, 5.74) is 3.98. The van der Waals surface area contributed by atoms with Crippen LogP contribution in [-0.2, 0) is 6.61 Å². The van der Waals surface area contributed by atoms with Gasteiger partial charge in [0.1, 0.15) is 18.0 Å². The van der Waals surface area contributed by atoms with Crippen molar-refractivity contribution in [1.29, 1.82) is 0 Å². The Bertz CT molecular complexity index is 1420. The van der Waals surface area contributed by atoms with Crippen molar-refractivity contribution in [2.45, 2.75) is 26.5 Å². The van der Waals surface area contributed by atoms with Crippen LogP contribution in [0, 0.1) is 6.92 Å². The number of rotatable bonds is 6. The summed E-state index contributed by atoms with van der Waals surface area (Å²) in [4.78, 5) is 17.6. The van der Waals surface area contributed by atoms with Crippen LogP contribution in [0.2, 0.25) is 0 Å². The van der Waals surface area contributed by atoms with E-state index in [2.05, 4.69) is 20.5 Å². The van der Waals surface area contributed by atoms with Crippen LogP contribution in [0.3, 0.4) is 0 Å². The maximum absolute atomic E-state index is 13.0. The lowest BCUT2D eigenvalue weighted by Gasteiger charge is -2.15. The molecule has 0 aliphatic heterocycles. The average molecular weight is 426 g/mol. The molecule has 1 atom stereocenters. The number of benzene rings is 1. The maximum Gasteiger partial charge on any atom is 0.255 e. The lowest BCUT2D eigenvalue weighted by Crippen LogP contribution is -2.28. The van der Waals surface area contributed by atoms with Gasteiger partial charge in [-0.1, -0.05) is 24.3 Å². The van der Waals surface area contributed by atoms with E-state index in [1.165, 1.54) is 0 Å². The van der Waals surface area contributed by atoms with E-state index in [4.69, 9.17) is 4.74 Å². The summed E-state index contributed by atoms with van der Waals surface area (Å²) in [6.07, 6.45) is 5.83. The quantitative estimate of drug-likeness (QED) is 0.447. The van der Waals surface area contributed by atoms with Crippen molar-refractivity contribution in [3.63, 3.8) is 0 Å². The van der Waals surface area contributed by atoms with E-state index in [1.54, 1.807) is 12.1 Å². The Morgan fingerprint density at radius 1 is 1.03 bits per heavy atom. The summed E-state index contributed by atoms with van der Waals surface area (Å²) in [6.45, 7) is 4.17. The first-order chi connectivity index (χ1) is 15.6. The lowest BCUT2D eigenvalue weighted by atomic mass is 10.1. The summed E-state index contributed by atoms with van der Waals surface area (Å²) < 4.78 is 9.81. The highest BCUT2D eigenvalue weighted by Gasteiger charge is 2.19. The summed E-state index contributed by atoms with van der Waals surface area (Å²) in [5, 5.41) is 11.4. The minimum atomic E-state index is -0.338. The van der Waals surface area contributed by atoms with Gasteiger partial charge in [-0.05, 0) is 49.7 Å². The number of imidazole rings is 1. The second-order valence-corrected chi connectivity index (χ2v) is 7.67. The highest BCUT2D eigenvalue weighted by molar-refractivity contribution is 5.97. The third-order valence-corrected chi connectivity index (χ3v) is 5.23. The smallest absolute Gasteiger partial charge is 0.255 e. The zero-order valence-electron chi connectivity index (χ0n) is 17.8. The Labute approximate surface area is 184 Å². The standard InChI is InChI=1S/C24H22N6O2/c1-16-10-11-21-26-18(14-29(21)13-16)15-32-20-8-4-3-7-19(20)24(31)25-17(2)23-28-27-22-9-5-6-12-30(22)23/h3-14,17H,15H2,1-2H3,(H,25,31). The van der Waals surface area contributed by atoms with Gasteiger partial charge >= 0.3 is 0 Å². The van der Waals surface area contributed by atoms with E-state index < -0.39 is 0 Å². The minimum absolute atomic E-state index is 0.244. The van der Waals surface area contributed by atoms with E-state index in [0.717, 1.165) is 22.6 Å². The predicted molar refractivity (Wildman–Crippen MR) is 120 cm³/mol. The van der Waals surface area contributed by atoms with E-state index in [9.17, 15) is 4.79 Å². The van der Waals surface area contributed by atoms with Crippen LogP contribution < -0.4 is 10.1 Å². The van der Waals surface area contributed by atoms with Crippen LogP contribution in [0.4, 0.5) is 0 Å². The van der Waals surface area contributed by atoms with Crippen molar-refractivity contribution in [2.24, 2.45) is 0 Å². The first-order valence-electron chi connectivity index (χ1n) is 10.3. The number of carbonyl (C=O) groups is 1. The molecule has 32 heavy (non-hydrogen) atoms. The number of hydrogen-bond acceptors (Lipinski definition) is 5. The number of ether oxygens (including phenoxy) is 1. The van der Waals surface area contributed by atoms with Crippen LogP contribution >= 0.6 is 0 Å². The molecule has 5 aromatic rings. The number of nitrogens with one attached hydrogen (secondary N) is 1. The fourth-order valence-electron chi connectivity index (χ4n) is 3.65. The fourth-order valence-corrected chi connectivity index (χ4v) is 3.65. The third kappa shape index (κ3) is 3.78. The molecule has 0 aliphatic rings. The largest absolute Gasteiger partial charge is 0.486 e. The summed E-state index contributed by atoms with van der Waals surface area (Å²) >= 11 is 0. The molecule has 5 rings (SSSR count). The maximum atomic E-state index is 13.0. The molecule has 0 bridgehead atoms. The van der Waals surface area contributed by atoms with Crippen LogP contribution in [0.25, 0.3) is 11.3 Å². The Balaban J connectivity index is 1.32. The van der Waals surface area contributed by atoms with Crippen LogP contribution in [0.1, 0.15) is 40.4 Å². The van der Waals surface area contributed by atoms with E-state index in [-0.39, 0.29) is 18.6 Å². The van der Waals surface area contributed by atoms with Gasteiger partial charge in [-0.3, -0.25) is 9.20 Å². The van der Waals surface area contributed by atoms with Gasteiger partial charge < -0.3 is 14.5 Å². The van der Waals surface area contributed by atoms with Gasteiger partial charge in [-0.15, -0.1) is 10.2 Å². The van der Waals surface area contributed by atoms with Crippen molar-refractivity contribution in [1.82, 2.24) is 29.3 Å². The monoisotopic (exact) mass is 426 g/mol. The molecular weight excluding hydrogens is 404 g/mol. The van der Waals surface area contributed by atoms with Crippen molar-refractivity contribution in [3.05, 3.63) is 95.8 Å². The van der Waals surface area contributed by atoms with Gasteiger partial charge in [0.25, 0.3) is 5.91 Å². The molecule has 0 aliphatic carbocycles. The van der Waals surface area contributed by atoms with Gasteiger partial charge in [0.15, 0.2) is 11.5 Å². The van der Waals surface area contributed by atoms with Crippen molar-refractivity contribution >= 4 is 17.2 Å². The Kier molecular flexibility index (Phi) is 5.03. The van der Waals surface area contributed by atoms with E-state index >= 15 is 0 Å². The van der Waals surface area contributed by atoms with Crippen molar-refractivity contribution in [2.75, 3.05) is 0 Å². The average Bonchev–Trinajstić information content (AvgIpc) is 3.41. The molecule has 0 radical (unpaired) electrons. The minimum Gasteiger partial charge on any atom is -0.486 e. The molecule has 4 heterocycles. The Hall–Kier alpha value is -4.20. The summed E-state index contributed by atoms with van der Waals surface area (Å²) in [5.74, 6) is 0.912.